The van der Waals surface area contributed by atoms with Crippen LogP contribution in [0.4, 0.5) is 5.69 Å². The van der Waals surface area contributed by atoms with Crippen molar-refractivity contribution in [2.45, 2.75) is 25.4 Å². The van der Waals surface area contributed by atoms with Crippen molar-refractivity contribution in [3.63, 3.8) is 0 Å². The van der Waals surface area contributed by atoms with Crippen molar-refractivity contribution >= 4 is 11.6 Å². The molecule has 0 radical (unpaired) electrons. The van der Waals surface area contributed by atoms with Crippen LogP contribution in [0.3, 0.4) is 0 Å². The van der Waals surface area contributed by atoms with E-state index >= 15 is 0 Å². The highest BCUT2D eigenvalue weighted by Crippen LogP contribution is 2.31. The molecule has 0 spiro atoms. The Kier molecular flexibility index (Phi) is 3.37. The number of ether oxygens (including phenoxy) is 1. The SMILES string of the molecule is Nc1c(O)cccc1OC1CCCCNC1=O. The smallest absolute Gasteiger partial charge is 0.261 e. The number of anilines is 1. The Labute approximate surface area is 99.6 Å². The Bertz CT molecular complexity index is 420. The number of nitrogens with two attached hydrogens (primary N) is 1. The van der Waals surface area contributed by atoms with Crippen molar-refractivity contribution in [3.8, 4) is 11.5 Å². The number of nitrogens with one attached hydrogen (secondary N) is 1. The fraction of sp³-hybridized carbons (Fsp3) is 0.417. The van der Waals surface area contributed by atoms with Gasteiger partial charge in [0.2, 0.25) is 0 Å². The van der Waals surface area contributed by atoms with Crippen molar-refractivity contribution in [1.29, 1.82) is 0 Å². The lowest BCUT2D eigenvalue weighted by molar-refractivity contribution is -0.127. The average molecular weight is 236 g/mol. The van der Waals surface area contributed by atoms with Gasteiger partial charge in [0.05, 0.1) is 0 Å². The van der Waals surface area contributed by atoms with Crippen LogP contribution in [0.1, 0.15) is 19.3 Å². The van der Waals surface area contributed by atoms with Crippen LogP contribution in [-0.4, -0.2) is 23.7 Å². The minimum Gasteiger partial charge on any atom is -0.506 e. The molecule has 1 aromatic rings. The van der Waals surface area contributed by atoms with Crippen LogP contribution in [0.15, 0.2) is 18.2 Å². The zero-order chi connectivity index (χ0) is 12.3. The molecule has 0 aliphatic carbocycles. The summed E-state index contributed by atoms with van der Waals surface area (Å²) in [6.07, 6.45) is 2.03. The molecule has 0 bridgehead atoms. The summed E-state index contributed by atoms with van der Waals surface area (Å²) in [4.78, 5) is 11.7. The quantitative estimate of drug-likeness (QED) is 0.528. The molecule has 1 aliphatic rings. The molecule has 1 unspecified atom stereocenters. The number of carbonyl (C=O) groups is 1. The van der Waals surface area contributed by atoms with Gasteiger partial charge in [-0.25, -0.2) is 0 Å². The number of carbonyl (C=O) groups excluding carboxylic acids is 1. The van der Waals surface area contributed by atoms with Crippen LogP contribution in [0.25, 0.3) is 0 Å². The molecule has 5 nitrogen and oxygen atoms in total. The number of rotatable bonds is 2. The Morgan fingerprint density at radius 2 is 2.24 bits per heavy atom. The van der Waals surface area contributed by atoms with Gasteiger partial charge in [-0.05, 0) is 31.4 Å². The first-order chi connectivity index (χ1) is 8.18. The molecule has 2 rings (SSSR count). The van der Waals surface area contributed by atoms with E-state index in [1.807, 2.05) is 0 Å². The van der Waals surface area contributed by atoms with Crippen LogP contribution in [0, 0.1) is 0 Å². The molecule has 0 aromatic heterocycles. The number of phenols is 1. The summed E-state index contributed by atoms with van der Waals surface area (Å²) in [5, 5.41) is 12.2. The van der Waals surface area contributed by atoms with Crippen LogP contribution >= 0.6 is 0 Å². The van der Waals surface area contributed by atoms with Gasteiger partial charge in [-0.15, -0.1) is 0 Å². The van der Waals surface area contributed by atoms with Gasteiger partial charge in [-0.3, -0.25) is 4.79 Å². The first-order valence-electron chi connectivity index (χ1n) is 5.70. The van der Waals surface area contributed by atoms with E-state index in [0.29, 0.717) is 18.7 Å². The molecule has 1 atom stereocenters. The van der Waals surface area contributed by atoms with Gasteiger partial charge in [0.25, 0.3) is 5.91 Å². The molecule has 5 heteroatoms. The molecule has 1 fully saturated rings. The van der Waals surface area contributed by atoms with Crippen LogP contribution in [0.5, 0.6) is 11.5 Å². The van der Waals surface area contributed by atoms with Crippen molar-refractivity contribution in [2.75, 3.05) is 12.3 Å². The van der Waals surface area contributed by atoms with Crippen molar-refractivity contribution in [2.24, 2.45) is 0 Å². The van der Waals surface area contributed by atoms with E-state index in [2.05, 4.69) is 5.32 Å². The van der Waals surface area contributed by atoms with Crippen molar-refractivity contribution in [1.82, 2.24) is 5.32 Å². The number of amides is 1. The molecule has 1 amide bonds. The molecular weight excluding hydrogens is 220 g/mol. The zero-order valence-corrected chi connectivity index (χ0v) is 9.48. The average Bonchev–Trinajstić information content (AvgIpc) is 2.51. The number of hydrogen-bond acceptors (Lipinski definition) is 4. The molecule has 4 N–H and O–H groups in total. The van der Waals surface area contributed by atoms with Gasteiger partial charge in [0.1, 0.15) is 17.2 Å². The monoisotopic (exact) mass is 236 g/mol. The molecule has 1 saturated heterocycles. The first-order valence-corrected chi connectivity index (χ1v) is 5.70. The van der Waals surface area contributed by atoms with E-state index in [4.69, 9.17) is 10.5 Å². The maximum Gasteiger partial charge on any atom is 0.261 e. The number of aromatic hydroxyl groups is 1. The zero-order valence-electron chi connectivity index (χ0n) is 9.48. The van der Waals surface area contributed by atoms with Crippen molar-refractivity contribution in [3.05, 3.63) is 18.2 Å². The molecule has 1 aromatic carbocycles. The summed E-state index contributed by atoms with van der Waals surface area (Å²) in [6, 6.07) is 4.76. The Morgan fingerprint density at radius 1 is 1.41 bits per heavy atom. The standard InChI is InChI=1S/C12H16N2O3/c13-11-8(15)4-3-6-9(11)17-10-5-1-2-7-14-12(10)16/h3-4,6,10,15H,1-2,5,7,13H2,(H,14,16). The summed E-state index contributed by atoms with van der Waals surface area (Å²) in [6.45, 7) is 0.689. The molecule has 0 saturated carbocycles. The highest BCUT2D eigenvalue weighted by Gasteiger charge is 2.23. The van der Waals surface area contributed by atoms with E-state index in [-0.39, 0.29) is 17.3 Å². The number of phenolic OH excluding ortho intramolecular Hbond substituents is 1. The van der Waals surface area contributed by atoms with Crippen molar-refractivity contribution < 1.29 is 14.6 Å². The third-order valence-electron chi connectivity index (χ3n) is 2.80. The van der Waals surface area contributed by atoms with E-state index < -0.39 is 6.10 Å². The number of para-hydroxylation sites is 1. The van der Waals surface area contributed by atoms with Gasteiger partial charge in [-0.2, -0.15) is 0 Å². The second kappa shape index (κ2) is 4.95. The Morgan fingerprint density at radius 3 is 3.06 bits per heavy atom. The van der Waals surface area contributed by atoms with E-state index in [1.165, 1.54) is 6.07 Å². The maximum atomic E-state index is 11.7. The first kappa shape index (κ1) is 11.6. The van der Waals surface area contributed by atoms with Gasteiger partial charge in [0, 0.05) is 6.54 Å². The lowest BCUT2D eigenvalue weighted by atomic mass is 10.2. The summed E-state index contributed by atoms with van der Waals surface area (Å²) in [5.41, 5.74) is 5.85. The number of nitrogen functional groups attached to an aromatic ring is 1. The van der Waals surface area contributed by atoms with E-state index in [9.17, 15) is 9.90 Å². The van der Waals surface area contributed by atoms with Gasteiger partial charge in [0.15, 0.2) is 6.10 Å². The highest BCUT2D eigenvalue weighted by atomic mass is 16.5. The predicted molar refractivity (Wildman–Crippen MR) is 63.8 cm³/mol. The molecular formula is C12H16N2O3. The van der Waals surface area contributed by atoms with Crippen LogP contribution < -0.4 is 15.8 Å². The number of hydrogen-bond donors (Lipinski definition) is 3. The topological polar surface area (TPSA) is 84.6 Å². The van der Waals surface area contributed by atoms with Gasteiger partial charge in [-0.1, -0.05) is 6.07 Å². The lowest BCUT2D eigenvalue weighted by Crippen LogP contribution is -2.36. The highest BCUT2D eigenvalue weighted by molar-refractivity contribution is 5.81. The molecule has 92 valence electrons. The van der Waals surface area contributed by atoms with Crippen LogP contribution in [-0.2, 0) is 4.79 Å². The summed E-state index contributed by atoms with van der Waals surface area (Å²) in [5.74, 6) is 0.203. The largest absolute Gasteiger partial charge is 0.506 e. The second-order valence-electron chi connectivity index (χ2n) is 4.08. The van der Waals surface area contributed by atoms with Gasteiger partial charge >= 0.3 is 0 Å². The Balaban J connectivity index is 2.13. The molecule has 1 aliphatic heterocycles. The minimum atomic E-state index is -0.526. The number of benzene rings is 1. The fourth-order valence-corrected chi connectivity index (χ4v) is 1.81. The fourth-order valence-electron chi connectivity index (χ4n) is 1.81. The summed E-state index contributed by atoms with van der Waals surface area (Å²) in [7, 11) is 0. The normalized spacial score (nSPS) is 20.5. The predicted octanol–water partition coefficient (Wildman–Crippen LogP) is 1.02. The Hall–Kier alpha value is -1.91. The third kappa shape index (κ3) is 2.61. The molecule has 1 heterocycles. The molecule has 17 heavy (non-hydrogen) atoms. The summed E-state index contributed by atoms with van der Waals surface area (Å²) < 4.78 is 5.56. The second-order valence-corrected chi connectivity index (χ2v) is 4.08. The maximum absolute atomic E-state index is 11.7. The van der Waals surface area contributed by atoms with E-state index in [0.717, 1.165) is 12.8 Å². The minimum absolute atomic E-state index is 0.0310. The van der Waals surface area contributed by atoms with E-state index in [1.54, 1.807) is 12.1 Å². The van der Waals surface area contributed by atoms with Gasteiger partial charge < -0.3 is 20.9 Å². The summed E-state index contributed by atoms with van der Waals surface area (Å²) >= 11 is 0. The lowest BCUT2D eigenvalue weighted by Gasteiger charge is -2.17. The third-order valence-corrected chi connectivity index (χ3v) is 2.80. The van der Waals surface area contributed by atoms with Crippen LogP contribution in [0.2, 0.25) is 0 Å².